The zero-order chi connectivity index (χ0) is 13.0. The van der Waals surface area contributed by atoms with Crippen molar-refractivity contribution in [3.8, 4) is 0 Å². The van der Waals surface area contributed by atoms with Crippen LogP contribution in [0.3, 0.4) is 0 Å². The van der Waals surface area contributed by atoms with Gasteiger partial charge in [-0.15, -0.1) is 0 Å². The summed E-state index contributed by atoms with van der Waals surface area (Å²) in [6, 6.07) is 6.85. The summed E-state index contributed by atoms with van der Waals surface area (Å²) >= 11 is 0. The van der Waals surface area contributed by atoms with E-state index in [9.17, 15) is 0 Å². The quantitative estimate of drug-likeness (QED) is 0.799. The normalized spacial score (nSPS) is 14.4. The topological polar surface area (TPSA) is 24.1 Å². The highest BCUT2D eigenvalue weighted by Crippen LogP contribution is 2.24. The predicted molar refractivity (Wildman–Crippen MR) is 79.1 cm³/mol. The van der Waals surface area contributed by atoms with Gasteiger partial charge in [0.2, 0.25) is 0 Å². The molecule has 0 unspecified atom stereocenters. The van der Waals surface area contributed by atoms with Gasteiger partial charge in [0.15, 0.2) is 0 Å². The van der Waals surface area contributed by atoms with E-state index >= 15 is 0 Å². The molecule has 1 aromatic rings. The first-order valence-electron chi connectivity index (χ1n) is 7.33. The number of anilines is 1. The second-order valence-corrected chi connectivity index (χ2v) is 5.36. The minimum Gasteiger partial charge on any atom is -0.384 e. The average Bonchev–Trinajstić information content (AvgIpc) is 2.88. The summed E-state index contributed by atoms with van der Waals surface area (Å²) in [6.07, 6.45) is 4.77. The van der Waals surface area contributed by atoms with Gasteiger partial charge >= 0.3 is 0 Å². The van der Waals surface area contributed by atoms with E-state index < -0.39 is 0 Å². The van der Waals surface area contributed by atoms with E-state index in [2.05, 4.69) is 49.6 Å². The van der Waals surface area contributed by atoms with Crippen LogP contribution >= 0.6 is 0 Å². The van der Waals surface area contributed by atoms with Crippen LogP contribution in [0.15, 0.2) is 18.2 Å². The predicted octanol–water partition coefficient (Wildman–Crippen LogP) is 3.71. The van der Waals surface area contributed by atoms with Gasteiger partial charge in [0, 0.05) is 24.3 Å². The molecular weight excluding hydrogens is 220 g/mol. The summed E-state index contributed by atoms with van der Waals surface area (Å²) in [5, 5.41) is 7.21. The first-order chi connectivity index (χ1) is 8.73. The molecule has 2 nitrogen and oxygen atoms in total. The highest BCUT2D eigenvalue weighted by atomic mass is 15.0. The summed E-state index contributed by atoms with van der Waals surface area (Å²) in [6.45, 7) is 8.91. The molecule has 0 radical (unpaired) electrons. The number of hydrogen-bond donors (Lipinski definition) is 2. The van der Waals surface area contributed by atoms with Crippen molar-refractivity contribution in [3.63, 3.8) is 0 Å². The van der Waals surface area contributed by atoms with Crippen LogP contribution in [0.4, 0.5) is 5.69 Å². The number of nitrogens with one attached hydrogen (secondary N) is 2. The molecule has 0 aromatic heterocycles. The highest BCUT2D eigenvalue weighted by Gasteiger charge is 2.22. The molecule has 0 spiro atoms. The van der Waals surface area contributed by atoms with Gasteiger partial charge in [0.1, 0.15) is 0 Å². The first-order valence-corrected chi connectivity index (χ1v) is 7.33. The Hall–Kier alpha value is -1.02. The Bertz CT molecular complexity index is 386. The zero-order valence-electron chi connectivity index (χ0n) is 12.0. The molecule has 1 aliphatic rings. The van der Waals surface area contributed by atoms with Crippen molar-refractivity contribution in [2.45, 2.75) is 58.5 Å². The molecule has 2 heteroatoms. The van der Waals surface area contributed by atoms with Gasteiger partial charge in [-0.3, -0.25) is 0 Å². The van der Waals surface area contributed by atoms with Crippen LogP contribution in [0.2, 0.25) is 0 Å². The fraction of sp³-hybridized carbons (Fsp3) is 0.625. The lowest BCUT2D eigenvalue weighted by atomic mass is 9.89. The standard InChI is InChI=1S/C16H26N2/c1-4-16(5-2,6-3)18-12-13-7-8-14-9-10-17-15(14)11-13/h7-8,11,17-18H,4-6,9-10,12H2,1-3H3. The fourth-order valence-electron chi connectivity index (χ4n) is 2.86. The molecule has 1 aliphatic heterocycles. The van der Waals surface area contributed by atoms with E-state index in [4.69, 9.17) is 0 Å². The minimum atomic E-state index is 0.312. The fourth-order valence-corrected chi connectivity index (χ4v) is 2.86. The van der Waals surface area contributed by atoms with E-state index in [0.29, 0.717) is 5.54 Å². The molecule has 0 saturated carbocycles. The summed E-state index contributed by atoms with van der Waals surface area (Å²) < 4.78 is 0. The Morgan fingerprint density at radius 2 is 1.89 bits per heavy atom. The van der Waals surface area contributed by atoms with E-state index in [-0.39, 0.29) is 0 Å². The number of rotatable bonds is 6. The number of fused-ring (bicyclic) bond motifs is 1. The lowest BCUT2D eigenvalue weighted by Crippen LogP contribution is -2.43. The second kappa shape index (κ2) is 5.75. The number of hydrogen-bond acceptors (Lipinski definition) is 2. The third kappa shape index (κ3) is 2.69. The van der Waals surface area contributed by atoms with Gasteiger partial charge < -0.3 is 10.6 Å². The van der Waals surface area contributed by atoms with Crippen molar-refractivity contribution in [2.24, 2.45) is 0 Å². The molecule has 0 bridgehead atoms. The Morgan fingerprint density at radius 3 is 2.56 bits per heavy atom. The maximum Gasteiger partial charge on any atom is 0.0376 e. The minimum absolute atomic E-state index is 0.312. The SMILES string of the molecule is CCC(CC)(CC)NCc1ccc2c(c1)NCC2. The Kier molecular flexibility index (Phi) is 4.28. The van der Waals surface area contributed by atoms with Gasteiger partial charge in [-0.1, -0.05) is 32.9 Å². The number of benzene rings is 1. The largest absolute Gasteiger partial charge is 0.384 e. The van der Waals surface area contributed by atoms with E-state index in [1.165, 1.54) is 42.5 Å². The highest BCUT2D eigenvalue weighted by molar-refractivity contribution is 5.57. The molecule has 0 aliphatic carbocycles. The molecule has 0 saturated heterocycles. The Morgan fingerprint density at radius 1 is 1.17 bits per heavy atom. The summed E-state index contributed by atoms with van der Waals surface area (Å²) in [4.78, 5) is 0. The molecular formula is C16H26N2. The molecule has 2 N–H and O–H groups in total. The molecule has 18 heavy (non-hydrogen) atoms. The van der Waals surface area contributed by atoms with Gasteiger partial charge in [-0.2, -0.15) is 0 Å². The molecule has 1 aromatic carbocycles. The van der Waals surface area contributed by atoms with Crippen molar-refractivity contribution in [1.29, 1.82) is 0 Å². The lowest BCUT2D eigenvalue weighted by Gasteiger charge is -2.32. The van der Waals surface area contributed by atoms with Crippen molar-refractivity contribution >= 4 is 5.69 Å². The second-order valence-electron chi connectivity index (χ2n) is 5.36. The smallest absolute Gasteiger partial charge is 0.0376 e. The maximum absolute atomic E-state index is 3.76. The van der Waals surface area contributed by atoms with E-state index in [1.54, 1.807) is 0 Å². The van der Waals surface area contributed by atoms with Gasteiger partial charge in [0.05, 0.1) is 0 Å². The van der Waals surface area contributed by atoms with Crippen LogP contribution in [-0.4, -0.2) is 12.1 Å². The van der Waals surface area contributed by atoms with Gasteiger partial charge in [-0.05, 0) is 42.9 Å². The summed E-state index contributed by atoms with van der Waals surface area (Å²) in [5.41, 5.74) is 4.51. The van der Waals surface area contributed by atoms with Crippen LogP contribution in [0.1, 0.15) is 51.2 Å². The molecule has 0 atom stereocenters. The van der Waals surface area contributed by atoms with Crippen LogP contribution < -0.4 is 10.6 Å². The van der Waals surface area contributed by atoms with Crippen molar-refractivity contribution < 1.29 is 0 Å². The molecule has 0 amide bonds. The maximum atomic E-state index is 3.76. The summed E-state index contributed by atoms with van der Waals surface area (Å²) in [7, 11) is 0. The third-order valence-corrected chi connectivity index (χ3v) is 4.58. The summed E-state index contributed by atoms with van der Waals surface area (Å²) in [5.74, 6) is 0. The Labute approximate surface area is 111 Å². The van der Waals surface area contributed by atoms with Crippen molar-refractivity contribution in [1.82, 2.24) is 5.32 Å². The van der Waals surface area contributed by atoms with E-state index in [1.807, 2.05) is 0 Å². The van der Waals surface area contributed by atoms with Gasteiger partial charge in [-0.25, -0.2) is 0 Å². The van der Waals surface area contributed by atoms with Gasteiger partial charge in [0.25, 0.3) is 0 Å². The Balaban J connectivity index is 2.01. The molecule has 100 valence electrons. The van der Waals surface area contributed by atoms with Crippen LogP contribution in [0.5, 0.6) is 0 Å². The van der Waals surface area contributed by atoms with Crippen LogP contribution in [-0.2, 0) is 13.0 Å². The molecule has 2 rings (SSSR count). The first kappa shape index (κ1) is 13.4. The molecule has 0 fully saturated rings. The zero-order valence-corrected chi connectivity index (χ0v) is 12.0. The van der Waals surface area contributed by atoms with E-state index in [0.717, 1.165) is 13.1 Å². The van der Waals surface area contributed by atoms with Crippen LogP contribution in [0, 0.1) is 0 Å². The lowest BCUT2D eigenvalue weighted by molar-refractivity contribution is 0.288. The molecule has 1 heterocycles. The average molecular weight is 246 g/mol. The van der Waals surface area contributed by atoms with Crippen molar-refractivity contribution in [3.05, 3.63) is 29.3 Å². The monoisotopic (exact) mass is 246 g/mol. The van der Waals surface area contributed by atoms with Crippen molar-refractivity contribution in [2.75, 3.05) is 11.9 Å². The van der Waals surface area contributed by atoms with Crippen LogP contribution in [0.25, 0.3) is 0 Å². The third-order valence-electron chi connectivity index (χ3n) is 4.58.